The Morgan fingerprint density at radius 2 is 1.60 bits per heavy atom. The molecule has 0 amide bonds. The Balaban J connectivity index is 1.57. The molecule has 3 aromatic carbocycles. The third-order valence-electron chi connectivity index (χ3n) is 8.52. The summed E-state index contributed by atoms with van der Waals surface area (Å²) in [6.45, 7) is 0. The molecule has 6 nitrogen and oxygen atoms in total. The molecule has 40 heavy (non-hydrogen) atoms. The molecule has 7 heteroatoms. The number of anilines is 1. The highest BCUT2D eigenvalue weighted by molar-refractivity contribution is 7.12. The quantitative estimate of drug-likeness (QED) is 0.223. The van der Waals surface area contributed by atoms with E-state index in [1.807, 2.05) is 58.8 Å². The predicted molar refractivity (Wildman–Crippen MR) is 154 cm³/mol. The van der Waals surface area contributed by atoms with E-state index in [-0.39, 0.29) is 17.3 Å². The second kappa shape index (κ2) is 9.03. The first-order valence-electron chi connectivity index (χ1n) is 13.1. The number of nitrogens with zero attached hydrogens (tertiary/aromatic N) is 1. The van der Waals surface area contributed by atoms with Gasteiger partial charge in [-0.15, -0.1) is 11.3 Å². The molecular weight excluding hydrogens is 522 g/mol. The highest BCUT2D eigenvalue weighted by atomic mass is 32.1. The van der Waals surface area contributed by atoms with Crippen LogP contribution in [0.5, 0.6) is 11.5 Å². The maximum atomic E-state index is 14.7. The number of hydrogen-bond acceptors (Lipinski definition) is 7. The number of thiophene rings is 1. The maximum Gasteiger partial charge on any atom is 0.195 e. The Bertz CT molecular complexity index is 1690. The van der Waals surface area contributed by atoms with Gasteiger partial charge in [-0.2, -0.15) is 0 Å². The number of ketones is 3. The Kier molecular flexibility index (Phi) is 5.54. The van der Waals surface area contributed by atoms with Crippen LogP contribution in [-0.4, -0.2) is 43.7 Å². The molecule has 3 heterocycles. The average Bonchev–Trinajstić information content (AvgIpc) is 3.70. The molecule has 1 saturated heterocycles. The van der Waals surface area contributed by atoms with Crippen molar-refractivity contribution >= 4 is 40.4 Å². The number of fused-ring (bicyclic) bond motifs is 5. The van der Waals surface area contributed by atoms with Gasteiger partial charge in [-0.25, -0.2) is 0 Å². The number of para-hydroxylation sites is 1. The number of Topliss-reactive ketones (excluding diaryl/α,β-unsaturated/α-hetero) is 3. The van der Waals surface area contributed by atoms with Crippen LogP contribution in [-0.2, 0) is 0 Å². The van der Waals surface area contributed by atoms with Crippen LogP contribution in [0.25, 0.3) is 6.08 Å². The van der Waals surface area contributed by atoms with Crippen LogP contribution in [0.3, 0.4) is 0 Å². The van der Waals surface area contributed by atoms with E-state index in [9.17, 15) is 14.4 Å². The van der Waals surface area contributed by atoms with Gasteiger partial charge in [-0.05, 0) is 29.1 Å². The molecular formula is C33H25NO5S. The summed E-state index contributed by atoms with van der Waals surface area (Å²) in [5, 5.41) is 1.87. The highest BCUT2D eigenvalue weighted by Crippen LogP contribution is 2.62. The third kappa shape index (κ3) is 3.12. The third-order valence-corrected chi connectivity index (χ3v) is 9.41. The van der Waals surface area contributed by atoms with Crippen LogP contribution in [0.1, 0.15) is 47.4 Å². The largest absolute Gasteiger partial charge is 0.497 e. The summed E-state index contributed by atoms with van der Waals surface area (Å²) < 4.78 is 11.3. The molecule has 1 aliphatic carbocycles. The Morgan fingerprint density at radius 3 is 2.27 bits per heavy atom. The van der Waals surface area contributed by atoms with Crippen molar-refractivity contribution in [1.29, 1.82) is 0 Å². The number of rotatable bonds is 5. The lowest BCUT2D eigenvalue weighted by Gasteiger charge is -2.37. The molecule has 0 bridgehead atoms. The normalized spacial score (nSPS) is 21.8. The Morgan fingerprint density at radius 1 is 0.875 bits per heavy atom. The van der Waals surface area contributed by atoms with Crippen molar-refractivity contribution in [2.45, 2.75) is 18.0 Å². The van der Waals surface area contributed by atoms with E-state index >= 15 is 0 Å². The maximum absolute atomic E-state index is 14.7. The predicted octanol–water partition coefficient (Wildman–Crippen LogP) is 6.08. The smallest absolute Gasteiger partial charge is 0.195 e. The second-order valence-corrected chi connectivity index (χ2v) is 11.2. The molecule has 1 aromatic heterocycles. The lowest BCUT2D eigenvalue weighted by molar-refractivity contribution is 0.0665. The highest BCUT2D eigenvalue weighted by Gasteiger charge is 2.72. The van der Waals surface area contributed by atoms with E-state index < -0.39 is 23.4 Å². The van der Waals surface area contributed by atoms with E-state index in [1.165, 1.54) is 11.3 Å². The minimum atomic E-state index is -1.58. The minimum Gasteiger partial charge on any atom is -0.497 e. The molecule has 1 spiro atoms. The molecule has 3 aliphatic rings. The summed E-state index contributed by atoms with van der Waals surface area (Å²) in [7, 11) is 3.11. The summed E-state index contributed by atoms with van der Waals surface area (Å²) in [4.78, 5) is 46.5. The molecule has 0 unspecified atom stereocenters. The minimum absolute atomic E-state index is 0.138. The Labute approximate surface area is 235 Å². The zero-order valence-electron chi connectivity index (χ0n) is 21.9. The zero-order valence-corrected chi connectivity index (χ0v) is 22.7. The molecule has 4 aromatic rings. The number of ether oxygens (including phenoxy) is 2. The van der Waals surface area contributed by atoms with Crippen LogP contribution in [0, 0.1) is 5.41 Å². The van der Waals surface area contributed by atoms with Crippen LogP contribution in [0.4, 0.5) is 5.69 Å². The summed E-state index contributed by atoms with van der Waals surface area (Å²) in [6, 6.07) is 22.3. The first kappa shape index (κ1) is 24.5. The van der Waals surface area contributed by atoms with Gasteiger partial charge in [0.2, 0.25) is 0 Å². The van der Waals surface area contributed by atoms with Crippen LogP contribution in [0.2, 0.25) is 0 Å². The lowest BCUT2D eigenvalue weighted by Crippen LogP contribution is -2.48. The van der Waals surface area contributed by atoms with Crippen molar-refractivity contribution in [1.82, 2.24) is 0 Å². The van der Waals surface area contributed by atoms with Crippen molar-refractivity contribution in [2.24, 2.45) is 5.41 Å². The van der Waals surface area contributed by atoms with Gasteiger partial charge in [0.15, 0.2) is 17.3 Å². The topological polar surface area (TPSA) is 72.9 Å². The van der Waals surface area contributed by atoms with Crippen molar-refractivity contribution in [3.63, 3.8) is 0 Å². The molecule has 0 N–H and O–H groups in total. The SMILES string of the molecule is COc1ccc([C@@H]2[C@H](C(=O)c3cccs3)N3c4ccccc4C=C[C@@H]3C23C(=O)c2ccccc2C3=O)c(OC)c1. The Hall–Kier alpha value is -4.49. The fourth-order valence-corrected chi connectivity index (χ4v) is 7.60. The van der Waals surface area contributed by atoms with Crippen molar-refractivity contribution < 1.29 is 23.9 Å². The summed E-state index contributed by atoms with van der Waals surface area (Å²) >= 11 is 1.36. The van der Waals surface area contributed by atoms with Crippen LogP contribution < -0.4 is 14.4 Å². The number of hydrogen-bond donors (Lipinski definition) is 0. The first-order chi connectivity index (χ1) is 19.5. The first-order valence-corrected chi connectivity index (χ1v) is 13.9. The molecule has 0 saturated carbocycles. The lowest BCUT2D eigenvalue weighted by atomic mass is 9.64. The van der Waals surface area contributed by atoms with E-state index in [0.717, 1.165) is 11.3 Å². The fourth-order valence-electron chi connectivity index (χ4n) is 6.90. The monoisotopic (exact) mass is 547 g/mol. The molecule has 3 atom stereocenters. The van der Waals surface area contributed by atoms with Gasteiger partial charge < -0.3 is 14.4 Å². The van der Waals surface area contributed by atoms with Gasteiger partial charge in [-0.3, -0.25) is 14.4 Å². The second-order valence-electron chi connectivity index (χ2n) is 10.2. The molecule has 7 rings (SSSR count). The standard InChI is InChI=1S/C33H25NO5S/c1-38-20-14-15-23(25(18-20)39-2)28-29(30(35)26-12-7-17-40-26)34-24-11-6-3-8-19(24)13-16-27(34)33(28)31(36)21-9-4-5-10-22(21)32(33)37/h3-18,27-29H,1-2H3/t27-,28-,29-/m1/s1. The molecule has 0 radical (unpaired) electrons. The van der Waals surface area contributed by atoms with Crippen molar-refractivity contribution in [2.75, 3.05) is 19.1 Å². The van der Waals surface area contributed by atoms with Gasteiger partial charge in [0.25, 0.3) is 0 Å². The van der Waals surface area contributed by atoms with Gasteiger partial charge >= 0.3 is 0 Å². The van der Waals surface area contributed by atoms with E-state index in [2.05, 4.69) is 0 Å². The number of methoxy groups -OCH3 is 2. The van der Waals surface area contributed by atoms with Crippen molar-refractivity contribution in [3.05, 3.63) is 117 Å². The average molecular weight is 548 g/mol. The van der Waals surface area contributed by atoms with Crippen LogP contribution >= 0.6 is 11.3 Å². The number of carbonyl (C=O) groups is 3. The van der Waals surface area contributed by atoms with E-state index in [1.54, 1.807) is 56.7 Å². The fraction of sp³-hybridized carbons (Fsp3) is 0.182. The summed E-state index contributed by atoms with van der Waals surface area (Å²) in [6.07, 6.45) is 3.89. The zero-order chi connectivity index (χ0) is 27.6. The van der Waals surface area contributed by atoms with Crippen molar-refractivity contribution in [3.8, 4) is 11.5 Å². The summed E-state index contributed by atoms with van der Waals surface area (Å²) in [5.41, 5.74) is 1.56. The van der Waals surface area contributed by atoms with E-state index in [4.69, 9.17) is 9.47 Å². The number of benzene rings is 3. The van der Waals surface area contributed by atoms with Crippen LogP contribution in [0.15, 0.2) is 90.3 Å². The molecule has 198 valence electrons. The van der Waals surface area contributed by atoms with Gasteiger partial charge in [-0.1, -0.05) is 66.7 Å². The molecule has 2 aliphatic heterocycles. The van der Waals surface area contributed by atoms with Gasteiger partial charge in [0.05, 0.1) is 25.1 Å². The number of carbonyl (C=O) groups excluding carboxylic acids is 3. The van der Waals surface area contributed by atoms with E-state index in [0.29, 0.717) is 33.1 Å². The van der Waals surface area contributed by atoms with Gasteiger partial charge in [0.1, 0.15) is 23.0 Å². The summed E-state index contributed by atoms with van der Waals surface area (Å²) in [5.74, 6) is -0.476. The molecule has 1 fully saturated rings. The van der Waals surface area contributed by atoms with Gasteiger partial charge in [0, 0.05) is 34.4 Å².